The summed E-state index contributed by atoms with van der Waals surface area (Å²) in [5.41, 5.74) is 6.15. The van der Waals surface area contributed by atoms with Crippen LogP contribution in [0.1, 0.15) is 51.4 Å². The zero-order valence-corrected chi connectivity index (χ0v) is 12.2. The molecule has 1 aliphatic rings. The summed E-state index contributed by atoms with van der Waals surface area (Å²) in [5.74, 6) is -1.11. The molecule has 110 valence electrons. The van der Waals surface area contributed by atoms with Crippen molar-refractivity contribution in [2.75, 3.05) is 6.54 Å². The molecule has 2 atom stereocenters. The van der Waals surface area contributed by atoms with E-state index in [0.29, 0.717) is 12.5 Å². The van der Waals surface area contributed by atoms with Gasteiger partial charge in [-0.2, -0.15) is 5.10 Å². The third-order valence-electron chi connectivity index (χ3n) is 3.82. The Balaban J connectivity index is 2.34. The van der Waals surface area contributed by atoms with Gasteiger partial charge in [0.25, 0.3) is 0 Å². The average Bonchev–Trinajstić information content (AvgIpc) is 2.86. The zero-order valence-electron chi connectivity index (χ0n) is 12.2. The summed E-state index contributed by atoms with van der Waals surface area (Å²) in [6.45, 7) is 6.73. The molecule has 1 aromatic rings. The number of hydrogen-bond acceptors (Lipinski definition) is 3. The summed E-state index contributed by atoms with van der Waals surface area (Å²) in [6, 6.07) is 2.02. The van der Waals surface area contributed by atoms with Crippen LogP contribution < -0.4 is 5.73 Å². The van der Waals surface area contributed by atoms with Crippen molar-refractivity contribution in [1.82, 2.24) is 14.7 Å². The first-order valence-corrected chi connectivity index (χ1v) is 7.05. The molecule has 0 unspecified atom stereocenters. The van der Waals surface area contributed by atoms with Gasteiger partial charge >= 0.3 is 11.8 Å². The molecule has 0 aliphatic carbocycles. The minimum atomic E-state index is -0.889. The van der Waals surface area contributed by atoms with Crippen LogP contribution in [0.2, 0.25) is 0 Å². The maximum absolute atomic E-state index is 12.1. The van der Waals surface area contributed by atoms with Crippen LogP contribution in [0.3, 0.4) is 0 Å². The Morgan fingerprint density at radius 3 is 2.70 bits per heavy atom. The number of carbonyl (C=O) groups excluding carboxylic acids is 2. The molecule has 2 rings (SSSR count). The summed E-state index contributed by atoms with van der Waals surface area (Å²) in [7, 11) is 0. The molecular formula is C14H22N4O2. The van der Waals surface area contributed by atoms with Gasteiger partial charge in [0.1, 0.15) is 0 Å². The van der Waals surface area contributed by atoms with E-state index >= 15 is 0 Å². The van der Waals surface area contributed by atoms with Crippen LogP contribution in [-0.4, -0.2) is 33.0 Å². The predicted molar refractivity (Wildman–Crippen MR) is 74.7 cm³/mol. The van der Waals surface area contributed by atoms with Crippen molar-refractivity contribution in [2.45, 2.75) is 45.7 Å². The molecule has 20 heavy (non-hydrogen) atoms. The molecule has 1 aliphatic heterocycles. The van der Waals surface area contributed by atoms with Crippen molar-refractivity contribution >= 4 is 11.8 Å². The van der Waals surface area contributed by atoms with Crippen LogP contribution in [0, 0.1) is 5.92 Å². The van der Waals surface area contributed by atoms with Crippen molar-refractivity contribution in [1.29, 1.82) is 0 Å². The van der Waals surface area contributed by atoms with Crippen molar-refractivity contribution in [3.63, 3.8) is 0 Å². The minimum absolute atomic E-state index is 0.115. The normalized spacial score (nSPS) is 23.1. The van der Waals surface area contributed by atoms with E-state index < -0.39 is 11.8 Å². The Hall–Kier alpha value is -1.85. The Kier molecular flexibility index (Phi) is 4.11. The Bertz CT molecular complexity index is 509. The average molecular weight is 278 g/mol. The lowest BCUT2D eigenvalue weighted by atomic mass is 9.92. The molecule has 0 saturated carbocycles. The van der Waals surface area contributed by atoms with E-state index in [1.165, 1.54) is 0 Å². The first-order valence-electron chi connectivity index (χ1n) is 7.05. The summed E-state index contributed by atoms with van der Waals surface area (Å²) >= 11 is 0. The van der Waals surface area contributed by atoms with E-state index in [4.69, 9.17) is 5.73 Å². The van der Waals surface area contributed by atoms with Gasteiger partial charge in [0.05, 0.1) is 11.7 Å². The van der Waals surface area contributed by atoms with Gasteiger partial charge in [0, 0.05) is 18.8 Å². The second kappa shape index (κ2) is 5.64. The largest absolute Gasteiger partial charge is 0.361 e. The van der Waals surface area contributed by atoms with E-state index in [9.17, 15) is 9.59 Å². The van der Waals surface area contributed by atoms with Gasteiger partial charge in [-0.05, 0) is 38.7 Å². The number of hydrogen-bond donors (Lipinski definition) is 1. The highest BCUT2D eigenvalue weighted by Crippen LogP contribution is 2.34. The van der Waals surface area contributed by atoms with E-state index in [-0.39, 0.29) is 12.1 Å². The molecule has 1 aromatic heterocycles. The maximum atomic E-state index is 12.1. The fourth-order valence-corrected chi connectivity index (χ4v) is 2.85. The first-order chi connectivity index (χ1) is 9.41. The van der Waals surface area contributed by atoms with Gasteiger partial charge in [-0.15, -0.1) is 0 Å². The Morgan fingerprint density at radius 2 is 2.10 bits per heavy atom. The van der Waals surface area contributed by atoms with Crippen LogP contribution in [0.4, 0.5) is 0 Å². The Labute approximate surface area is 118 Å². The first kappa shape index (κ1) is 14.6. The standard InChI is InChI=1S/C14H22N4O2/c1-9(2)18-12(6-7-16-18)11-5-4-10(3)8-17(11)14(20)13(15)19/h6-7,9-11H,4-5,8H2,1-3H3,(H2,15,19)/t10-,11-/m0/s1. The number of nitrogens with two attached hydrogens (primary N) is 1. The number of amides is 2. The summed E-state index contributed by atoms with van der Waals surface area (Å²) in [5, 5.41) is 4.31. The van der Waals surface area contributed by atoms with Crippen LogP contribution in [-0.2, 0) is 9.59 Å². The highest BCUT2D eigenvalue weighted by atomic mass is 16.2. The number of carbonyl (C=O) groups is 2. The van der Waals surface area contributed by atoms with Gasteiger partial charge in [-0.25, -0.2) is 0 Å². The van der Waals surface area contributed by atoms with Crippen molar-refractivity contribution in [3.05, 3.63) is 18.0 Å². The maximum Gasteiger partial charge on any atom is 0.312 e. The Morgan fingerprint density at radius 1 is 1.40 bits per heavy atom. The second-order valence-electron chi connectivity index (χ2n) is 5.81. The third-order valence-corrected chi connectivity index (χ3v) is 3.82. The number of aromatic nitrogens is 2. The van der Waals surface area contributed by atoms with Crippen LogP contribution in [0.15, 0.2) is 12.3 Å². The highest BCUT2D eigenvalue weighted by molar-refractivity contribution is 6.34. The van der Waals surface area contributed by atoms with Crippen LogP contribution >= 0.6 is 0 Å². The lowest BCUT2D eigenvalue weighted by Crippen LogP contribution is -2.47. The number of rotatable bonds is 2. The summed E-state index contributed by atoms with van der Waals surface area (Å²) in [6.07, 6.45) is 3.59. The van der Waals surface area contributed by atoms with Gasteiger partial charge in [0.15, 0.2) is 0 Å². The fourth-order valence-electron chi connectivity index (χ4n) is 2.85. The minimum Gasteiger partial charge on any atom is -0.361 e. The van der Waals surface area contributed by atoms with Crippen LogP contribution in [0.25, 0.3) is 0 Å². The number of nitrogens with zero attached hydrogens (tertiary/aromatic N) is 3. The molecule has 1 saturated heterocycles. The molecule has 0 bridgehead atoms. The van der Waals surface area contributed by atoms with E-state index in [2.05, 4.69) is 12.0 Å². The van der Waals surface area contributed by atoms with Crippen molar-refractivity contribution in [3.8, 4) is 0 Å². The fraction of sp³-hybridized carbons (Fsp3) is 0.643. The lowest BCUT2D eigenvalue weighted by molar-refractivity contribution is -0.147. The number of piperidine rings is 1. The molecule has 0 radical (unpaired) electrons. The van der Waals surface area contributed by atoms with Gasteiger partial charge in [-0.1, -0.05) is 6.92 Å². The topological polar surface area (TPSA) is 81.2 Å². The smallest absolute Gasteiger partial charge is 0.312 e. The van der Waals surface area contributed by atoms with Crippen LogP contribution in [0.5, 0.6) is 0 Å². The van der Waals surface area contributed by atoms with E-state index in [1.807, 2.05) is 24.6 Å². The summed E-state index contributed by atoms with van der Waals surface area (Å²) in [4.78, 5) is 24.9. The number of likely N-dealkylation sites (tertiary alicyclic amines) is 1. The molecule has 2 amide bonds. The van der Waals surface area contributed by atoms with Crippen molar-refractivity contribution < 1.29 is 9.59 Å². The van der Waals surface area contributed by atoms with Crippen molar-refractivity contribution in [2.24, 2.45) is 11.7 Å². The zero-order chi connectivity index (χ0) is 14.9. The second-order valence-corrected chi connectivity index (χ2v) is 5.81. The summed E-state index contributed by atoms with van der Waals surface area (Å²) < 4.78 is 1.90. The van der Waals surface area contributed by atoms with Gasteiger partial charge in [0.2, 0.25) is 0 Å². The molecule has 2 N–H and O–H groups in total. The van der Waals surface area contributed by atoms with Gasteiger partial charge < -0.3 is 10.6 Å². The quantitative estimate of drug-likeness (QED) is 0.827. The van der Waals surface area contributed by atoms with Gasteiger partial charge in [-0.3, -0.25) is 14.3 Å². The third kappa shape index (κ3) is 2.69. The molecule has 2 heterocycles. The van der Waals surface area contributed by atoms with E-state index in [0.717, 1.165) is 18.5 Å². The molecular weight excluding hydrogens is 256 g/mol. The lowest BCUT2D eigenvalue weighted by Gasteiger charge is -2.38. The molecule has 6 nitrogen and oxygen atoms in total. The molecule has 0 aromatic carbocycles. The highest BCUT2D eigenvalue weighted by Gasteiger charge is 2.35. The molecule has 6 heteroatoms. The SMILES string of the molecule is CC(C)n1nccc1[C@@H]1CC[C@H](C)CN1C(=O)C(N)=O. The van der Waals surface area contributed by atoms with E-state index in [1.54, 1.807) is 11.1 Å². The molecule has 1 fully saturated rings. The number of primary amides is 1. The predicted octanol–water partition coefficient (Wildman–Crippen LogP) is 1.25. The monoisotopic (exact) mass is 278 g/mol. The molecule has 0 spiro atoms.